The fourth-order valence-corrected chi connectivity index (χ4v) is 3.14. The van der Waals surface area contributed by atoms with Crippen molar-refractivity contribution in [3.63, 3.8) is 0 Å². The maximum Gasteiger partial charge on any atom is 0.121 e. The molecule has 0 amide bonds. The third-order valence-corrected chi connectivity index (χ3v) is 5.12. The molecule has 0 saturated carbocycles. The molecule has 1 heterocycles. The second-order valence-corrected chi connectivity index (χ2v) is 7.47. The zero-order valence-corrected chi connectivity index (χ0v) is 17.1. The first-order valence-electron chi connectivity index (χ1n) is 8.10. The summed E-state index contributed by atoms with van der Waals surface area (Å²) in [6, 6.07) is 10.5. The van der Waals surface area contributed by atoms with Crippen molar-refractivity contribution >= 4 is 46.4 Å². The standard InChI is InChI=1S/C19H16Cl4N2O2/c20-14-2-1-13(18(22)7-14)10-26-16(9-25-6-5-24-12-25)11-27-15-3-4-17(21)19(23)8-15/h1-8,12,16H,9-11H2. The van der Waals surface area contributed by atoms with Crippen molar-refractivity contribution in [2.24, 2.45) is 0 Å². The van der Waals surface area contributed by atoms with Gasteiger partial charge in [-0.05, 0) is 29.8 Å². The molecule has 27 heavy (non-hydrogen) atoms. The molecule has 142 valence electrons. The SMILES string of the molecule is Clc1ccc(COC(COc2ccc(Cl)c(Cl)c2)Cn2ccnc2)c(Cl)c1. The monoisotopic (exact) mass is 444 g/mol. The Labute approximate surface area is 177 Å². The normalized spacial score (nSPS) is 12.1. The van der Waals surface area contributed by atoms with Crippen molar-refractivity contribution in [1.82, 2.24) is 9.55 Å². The molecule has 0 radical (unpaired) electrons. The van der Waals surface area contributed by atoms with E-state index in [-0.39, 0.29) is 6.10 Å². The minimum atomic E-state index is -0.236. The van der Waals surface area contributed by atoms with Gasteiger partial charge in [0.2, 0.25) is 0 Å². The maximum atomic E-state index is 6.22. The first-order valence-corrected chi connectivity index (χ1v) is 9.61. The van der Waals surface area contributed by atoms with E-state index in [1.807, 2.05) is 16.8 Å². The van der Waals surface area contributed by atoms with Crippen LogP contribution in [0.5, 0.6) is 5.75 Å². The van der Waals surface area contributed by atoms with Gasteiger partial charge in [0.1, 0.15) is 18.5 Å². The lowest BCUT2D eigenvalue weighted by Gasteiger charge is -2.20. The van der Waals surface area contributed by atoms with Crippen LogP contribution in [0, 0.1) is 0 Å². The molecule has 0 aliphatic heterocycles. The Morgan fingerprint density at radius 3 is 2.52 bits per heavy atom. The average Bonchev–Trinajstić information content (AvgIpc) is 3.14. The van der Waals surface area contributed by atoms with Gasteiger partial charge in [-0.3, -0.25) is 0 Å². The summed E-state index contributed by atoms with van der Waals surface area (Å²) >= 11 is 24.1. The minimum absolute atomic E-state index is 0.236. The largest absolute Gasteiger partial charge is 0.491 e. The van der Waals surface area contributed by atoms with Crippen LogP contribution in [-0.2, 0) is 17.9 Å². The van der Waals surface area contributed by atoms with E-state index in [9.17, 15) is 0 Å². The molecule has 3 aromatic rings. The highest BCUT2D eigenvalue weighted by Crippen LogP contribution is 2.27. The lowest BCUT2D eigenvalue weighted by atomic mass is 10.2. The fourth-order valence-electron chi connectivity index (χ4n) is 2.39. The van der Waals surface area contributed by atoms with Gasteiger partial charge in [-0.15, -0.1) is 0 Å². The van der Waals surface area contributed by atoms with Gasteiger partial charge in [-0.1, -0.05) is 52.5 Å². The van der Waals surface area contributed by atoms with Crippen molar-refractivity contribution in [2.75, 3.05) is 6.61 Å². The third-order valence-electron chi connectivity index (χ3n) is 3.79. The summed E-state index contributed by atoms with van der Waals surface area (Å²) in [6.45, 7) is 1.23. The Hall–Kier alpha value is -1.43. The smallest absolute Gasteiger partial charge is 0.121 e. The van der Waals surface area contributed by atoms with Crippen LogP contribution in [0.1, 0.15) is 5.56 Å². The molecule has 0 N–H and O–H groups in total. The number of aromatic nitrogens is 2. The summed E-state index contributed by atoms with van der Waals surface area (Å²) in [7, 11) is 0. The lowest BCUT2D eigenvalue weighted by Crippen LogP contribution is -2.26. The number of nitrogens with zero attached hydrogens (tertiary/aromatic N) is 2. The maximum absolute atomic E-state index is 6.22. The van der Waals surface area contributed by atoms with E-state index in [1.54, 1.807) is 42.9 Å². The second kappa shape index (κ2) is 9.67. The summed E-state index contributed by atoms with van der Waals surface area (Å²) < 4.78 is 13.8. The average molecular weight is 446 g/mol. The first-order chi connectivity index (χ1) is 13.0. The fraction of sp³-hybridized carbons (Fsp3) is 0.211. The molecule has 3 rings (SSSR count). The number of hydrogen-bond acceptors (Lipinski definition) is 3. The number of ether oxygens (including phenoxy) is 2. The van der Waals surface area contributed by atoms with Crippen LogP contribution in [0.2, 0.25) is 20.1 Å². The van der Waals surface area contributed by atoms with Gasteiger partial charge in [0.15, 0.2) is 0 Å². The summed E-state index contributed by atoms with van der Waals surface area (Å²) in [5.41, 5.74) is 0.853. The van der Waals surface area contributed by atoms with Crippen LogP contribution < -0.4 is 4.74 Å². The second-order valence-electron chi connectivity index (χ2n) is 5.82. The zero-order chi connectivity index (χ0) is 19.2. The van der Waals surface area contributed by atoms with Gasteiger partial charge >= 0.3 is 0 Å². The van der Waals surface area contributed by atoms with Crippen molar-refractivity contribution < 1.29 is 9.47 Å². The van der Waals surface area contributed by atoms with E-state index < -0.39 is 0 Å². The number of rotatable bonds is 8. The third kappa shape index (κ3) is 6.03. The van der Waals surface area contributed by atoms with Gasteiger partial charge in [0.05, 0.1) is 29.5 Å². The van der Waals surface area contributed by atoms with Gasteiger partial charge < -0.3 is 14.0 Å². The quantitative estimate of drug-likeness (QED) is 0.416. The molecule has 0 bridgehead atoms. The van der Waals surface area contributed by atoms with E-state index in [1.165, 1.54) is 0 Å². The Kier molecular flexibility index (Phi) is 7.27. The highest BCUT2D eigenvalue weighted by molar-refractivity contribution is 6.42. The van der Waals surface area contributed by atoms with Gasteiger partial charge in [-0.2, -0.15) is 0 Å². The van der Waals surface area contributed by atoms with Crippen LogP contribution in [0.3, 0.4) is 0 Å². The van der Waals surface area contributed by atoms with Crippen molar-refractivity contribution in [1.29, 1.82) is 0 Å². The van der Waals surface area contributed by atoms with E-state index >= 15 is 0 Å². The summed E-state index contributed by atoms with van der Waals surface area (Å²) in [5, 5.41) is 2.07. The Morgan fingerprint density at radius 1 is 0.963 bits per heavy atom. The predicted molar refractivity (Wildman–Crippen MR) is 109 cm³/mol. The molecule has 0 aliphatic carbocycles. The zero-order valence-electron chi connectivity index (χ0n) is 14.1. The van der Waals surface area contributed by atoms with E-state index in [4.69, 9.17) is 55.9 Å². The predicted octanol–water partition coefficient (Wildman–Crippen LogP) is 6.16. The van der Waals surface area contributed by atoms with Crippen molar-refractivity contribution in [2.45, 2.75) is 19.3 Å². The van der Waals surface area contributed by atoms with E-state index in [2.05, 4.69) is 4.98 Å². The minimum Gasteiger partial charge on any atom is -0.491 e. The molecular weight excluding hydrogens is 430 g/mol. The Bertz CT molecular complexity index is 887. The Balaban J connectivity index is 1.65. The van der Waals surface area contributed by atoms with Crippen LogP contribution >= 0.6 is 46.4 Å². The topological polar surface area (TPSA) is 36.3 Å². The van der Waals surface area contributed by atoms with Gasteiger partial charge in [0.25, 0.3) is 0 Å². The lowest BCUT2D eigenvalue weighted by molar-refractivity contribution is -0.000515. The molecule has 4 nitrogen and oxygen atoms in total. The molecule has 0 aliphatic rings. The van der Waals surface area contributed by atoms with Gasteiger partial charge in [-0.25, -0.2) is 4.98 Å². The highest BCUT2D eigenvalue weighted by atomic mass is 35.5. The molecule has 0 spiro atoms. The molecule has 1 unspecified atom stereocenters. The molecule has 0 fully saturated rings. The van der Waals surface area contributed by atoms with E-state index in [0.717, 1.165) is 5.56 Å². The first kappa shape index (κ1) is 20.3. The molecule has 0 saturated heterocycles. The summed E-state index contributed by atoms with van der Waals surface area (Å²) in [4.78, 5) is 4.06. The summed E-state index contributed by atoms with van der Waals surface area (Å²) in [6.07, 6.45) is 5.07. The number of hydrogen-bond donors (Lipinski definition) is 0. The van der Waals surface area contributed by atoms with Crippen LogP contribution in [0.4, 0.5) is 0 Å². The molecule has 8 heteroatoms. The van der Waals surface area contributed by atoms with Crippen LogP contribution in [0.25, 0.3) is 0 Å². The number of benzene rings is 2. The summed E-state index contributed by atoms with van der Waals surface area (Å²) in [5.74, 6) is 0.619. The van der Waals surface area contributed by atoms with Crippen LogP contribution in [0.15, 0.2) is 55.1 Å². The molecule has 1 atom stereocenters. The number of halogens is 4. The van der Waals surface area contributed by atoms with Crippen molar-refractivity contribution in [3.05, 3.63) is 80.8 Å². The number of imidazole rings is 1. The van der Waals surface area contributed by atoms with Crippen molar-refractivity contribution in [3.8, 4) is 5.75 Å². The molecule has 1 aromatic heterocycles. The van der Waals surface area contributed by atoms with E-state index in [0.29, 0.717) is 45.6 Å². The molecular formula is C19H16Cl4N2O2. The van der Waals surface area contributed by atoms with Crippen LogP contribution in [-0.4, -0.2) is 22.3 Å². The van der Waals surface area contributed by atoms with Gasteiger partial charge in [0, 0.05) is 28.5 Å². The molecule has 2 aromatic carbocycles. The highest BCUT2D eigenvalue weighted by Gasteiger charge is 2.14. The Morgan fingerprint density at radius 2 is 1.81 bits per heavy atom.